The largest absolute Gasteiger partial charge is 0.364 e. The number of aryl methyl sites for hydroxylation is 1. The van der Waals surface area contributed by atoms with E-state index in [4.69, 9.17) is 5.73 Å². The van der Waals surface area contributed by atoms with Crippen molar-refractivity contribution in [3.63, 3.8) is 0 Å². The zero-order chi connectivity index (χ0) is 11.4. The van der Waals surface area contributed by atoms with Crippen LogP contribution in [0, 0.1) is 6.92 Å². The summed E-state index contributed by atoms with van der Waals surface area (Å²) in [4.78, 5) is 0. The van der Waals surface area contributed by atoms with E-state index in [0.29, 0.717) is 6.04 Å². The number of nitrogens with zero attached hydrogens (tertiary/aromatic N) is 2. The molecule has 2 atom stereocenters. The third-order valence-corrected chi connectivity index (χ3v) is 3.20. The lowest BCUT2D eigenvalue weighted by atomic mass is 10.0. The molecule has 88 valence electrons. The molecule has 0 spiro atoms. The lowest BCUT2D eigenvalue weighted by molar-refractivity contribution is 0.526. The molecule has 1 aromatic rings. The topological polar surface area (TPSA) is 63.8 Å². The van der Waals surface area contributed by atoms with Crippen molar-refractivity contribution in [3.8, 4) is 0 Å². The van der Waals surface area contributed by atoms with Crippen LogP contribution in [-0.4, -0.2) is 22.3 Å². The second-order valence-corrected chi connectivity index (χ2v) is 4.61. The predicted molar refractivity (Wildman–Crippen MR) is 65.2 cm³/mol. The number of hydrogen-bond acceptors (Lipinski definition) is 4. The molecule has 3 N–H and O–H groups in total. The van der Waals surface area contributed by atoms with E-state index in [-0.39, 0.29) is 6.04 Å². The fourth-order valence-corrected chi connectivity index (χ4v) is 2.18. The Morgan fingerprint density at radius 2 is 2.00 bits per heavy atom. The van der Waals surface area contributed by atoms with Gasteiger partial charge in [-0.2, -0.15) is 5.10 Å². The molecule has 2 unspecified atom stereocenters. The SMILES string of the molecule is Cc1ccc(NC2CCCCCC2N)nn1. The molecule has 0 aliphatic heterocycles. The van der Waals surface area contributed by atoms with Gasteiger partial charge in [-0.05, 0) is 31.9 Å². The van der Waals surface area contributed by atoms with Crippen molar-refractivity contribution in [3.05, 3.63) is 17.8 Å². The third-order valence-electron chi connectivity index (χ3n) is 3.20. The highest BCUT2D eigenvalue weighted by Crippen LogP contribution is 2.19. The van der Waals surface area contributed by atoms with E-state index < -0.39 is 0 Å². The fraction of sp³-hybridized carbons (Fsp3) is 0.667. The molecule has 4 heteroatoms. The van der Waals surface area contributed by atoms with Crippen LogP contribution in [0.5, 0.6) is 0 Å². The summed E-state index contributed by atoms with van der Waals surface area (Å²) >= 11 is 0. The van der Waals surface area contributed by atoms with Gasteiger partial charge < -0.3 is 11.1 Å². The van der Waals surface area contributed by atoms with E-state index in [1.165, 1.54) is 19.3 Å². The summed E-state index contributed by atoms with van der Waals surface area (Å²) in [6.07, 6.45) is 6.04. The summed E-state index contributed by atoms with van der Waals surface area (Å²) in [6.45, 7) is 1.94. The summed E-state index contributed by atoms with van der Waals surface area (Å²) < 4.78 is 0. The van der Waals surface area contributed by atoms with E-state index >= 15 is 0 Å². The monoisotopic (exact) mass is 220 g/mol. The molecule has 1 fully saturated rings. The van der Waals surface area contributed by atoms with Gasteiger partial charge in [-0.25, -0.2) is 0 Å². The maximum absolute atomic E-state index is 6.15. The molecule has 0 bridgehead atoms. The summed E-state index contributed by atoms with van der Waals surface area (Å²) in [5, 5.41) is 11.6. The van der Waals surface area contributed by atoms with Crippen molar-refractivity contribution in [2.45, 2.75) is 51.1 Å². The standard InChI is InChI=1S/C12H20N4/c1-9-7-8-12(16-15-9)14-11-6-4-2-3-5-10(11)13/h7-8,10-11H,2-6,13H2,1H3,(H,14,16). The van der Waals surface area contributed by atoms with Gasteiger partial charge in [0, 0.05) is 12.1 Å². The minimum absolute atomic E-state index is 0.241. The minimum atomic E-state index is 0.241. The Morgan fingerprint density at radius 3 is 2.75 bits per heavy atom. The Balaban J connectivity index is 1.99. The number of nitrogens with two attached hydrogens (primary N) is 1. The average molecular weight is 220 g/mol. The van der Waals surface area contributed by atoms with Gasteiger partial charge in [0.25, 0.3) is 0 Å². The molecule has 4 nitrogen and oxygen atoms in total. The maximum Gasteiger partial charge on any atom is 0.148 e. The molecule has 2 rings (SSSR count). The van der Waals surface area contributed by atoms with Crippen LogP contribution in [0.15, 0.2) is 12.1 Å². The van der Waals surface area contributed by atoms with Crippen LogP contribution < -0.4 is 11.1 Å². The first-order chi connectivity index (χ1) is 7.75. The maximum atomic E-state index is 6.15. The normalized spacial score (nSPS) is 26.1. The molecule has 1 heterocycles. The summed E-state index contributed by atoms with van der Waals surface area (Å²) in [6, 6.07) is 4.53. The van der Waals surface area contributed by atoms with Gasteiger partial charge in [0.05, 0.1) is 5.69 Å². The van der Waals surface area contributed by atoms with Crippen LogP contribution in [0.25, 0.3) is 0 Å². The second-order valence-electron chi connectivity index (χ2n) is 4.61. The van der Waals surface area contributed by atoms with Crippen molar-refractivity contribution < 1.29 is 0 Å². The van der Waals surface area contributed by atoms with Crippen LogP contribution in [0.1, 0.15) is 37.8 Å². The van der Waals surface area contributed by atoms with Crippen molar-refractivity contribution in [1.29, 1.82) is 0 Å². The molecule has 1 aromatic heterocycles. The molecule has 0 radical (unpaired) electrons. The minimum Gasteiger partial charge on any atom is -0.364 e. The molecule has 1 saturated carbocycles. The molecular formula is C12H20N4. The Morgan fingerprint density at radius 1 is 1.19 bits per heavy atom. The predicted octanol–water partition coefficient (Wildman–Crippen LogP) is 1.86. The number of aromatic nitrogens is 2. The van der Waals surface area contributed by atoms with Gasteiger partial charge in [0.2, 0.25) is 0 Å². The highest BCUT2D eigenvalue weighted by atomic mass is 15.2. The van der Waals surface area contributed by atoms with Crippen LogP contribution in [0.2, 0.25) is 0 Å². The molecule has 16 heavy (non-hydrogen) atoms. The Kier molecular flexibility index (Phi) is 3.72. The molecule has 0 saturated heterocycles. The summed E-state index contributed by atoms with van der Waals surface area (Å²) in [5.74, 6) is 0.841. The van der Waals surface area contributed by atoms with Crippen LogP contribution in [-0.2, 0) is 0 Å². The van der Waals surface area contributed by atoms with Crippen molar-refractivity contribution >= 4 is 5.82 Å². The number of hydrogen-bond donors (Lipinski definition) is 2. The number of rotatable bonds is 2. The average Bonchev–Trinajstić information content (AvgIpc) is 2.48. The van der Waals surface area contributed by atoms with Gasteiger partial charge in [-0.3, -0.25) is 0 Å². The molecule has 1 aliphatic carbocycles. The summed E-state index contributed by atoms with van der Waals surface area (Å²) in [7, 11) is 0. The summed E-state index contributed by atoms with van der Waals surface area (Å²) in [5.41, 5.74) is 7.09. The molecule has 0 aromatic carbocycles. The first-order valence-electron chi connectivity index (χ1n) is 6.08. The van der Waals surface area contributed by atoms with Crippen LogP contribution in [0.4, 0.5) is 5.82 Å². The van der Waals surface area contributed by atoms with E-state index in [1.807, 2.05) is 19.1 Å². The van der Waals surface area contributed by atoms with E-state index in [2.05, 4.69) is 15.5 Å². The zero-order valence-corrected chi connectivity index (χ0v) is 9.82. The smallest absolute Gasteiger partial charge is 0.148 e. The molecule has 1 aliphatic rings. The first kappa shape index (κ1) is 11.3. The Bertz CT molecular complexity index is 322. The quantitative estimate of drug-likeness (QED) is 0.747. The Labute approximate surface area is 96.6 Å². The fourth-order valence-electron chi connectivity index (χ4n) is 2.18. The van der Waals surface area contributed by atoms with Gasteiger partial charge in [-0.1, -0.05) is 19.3 Å². The van der Waals surface area contributed by atoms with Crippen molar-refractivity contribution in [2.75, 3.05) is 5.32 Å². The molecule has 0 amide bonds. The van der Waals surface area contributed by atoms with E-state index in [9.17, 15) is 0 Å². The van der Waals surface area contributed by atoms with Gasteiger partial charge >= 0.3 is 0 Å². The van der Waals surface area contributed by atoms with Gasteiger partial charge in [0.15, 0.2) is 0 Å². The third kappa shape index (κ3) is 2.92. The van der Waals surface area contributed by atoms with Crippen LogP contribution in [0.3, 0.4) is 0 Å². The van der Waals surface area contributed by atoms with E-state index in [0.717, 1.165) is 24.4 Å². The van der Waals surface area contributed by atoms with Crippen molar-refractivity contribution in [1.82, 2.24) is 10.2 Å². The number of anilines is 1. The zero-order valence-electron chi connectivity index (χ0n) is 9.82. The van der Waals surface area contributed by atoms with Crippen LogP contribution >= 0.6 is 0 Å². The lowest BCUT2D eigenvalue weighted by Gasteiger charge is -2.22. The second kappa shape index (κ2) is 5.25. The highest BCUT2D eigenvalue weighted by molar-refractivity contribution is 5.34. The molecular weight excluding hydrogens is 200 g/mol. The van der Waals surface area contributed by atoms with Crippen molar-refractivity contribution in [2.24, 2.45) is 5.73 Å². The highest BCUT2D eigenvalue weighted by Gasteiger charge is 2.20. The van der Waals surface area contributed by atoms with E-state index in [1.54, 1.807) is 0 Å². The Hall–Kier alpha value is -1.16. The lowest BCUT2D eigenvalue weighted by Crippen LogP contribution is -2.39. The van der Waals surface area contributed by atoms with Gasteiger partial charge in [0.1, 0.15) is 5.82 Å². The van der Waals surface area contributed by atoms with Gasteiger partial charge in [-0.15, -0.1) is 5.10 Å². The number of nitrogens with one attached hydrogen (secondary N) is 1. The first-order valence-corrected chi connectivity index (χ1v) is 6.08.